The molecule has 0 aliphatic carbocycles. The number of methoxy groups -OCH3 is 3. The molecule has 1 amide bonds. The molecule has 3 aromatic rings. The first-order valence-corrected chi connectivity index (χ1v) is 11.4. The van der Waals surface area contributed by atoms with E-state index in [0.29, 0.717) is 28.4 Å². The number of aryl methyl sites for hydroxylation is 1. The van der Waals surface area contributed by atoms with Crippen LogP contribution in [0.3, 0.4) is 0 Å². The highest BCUT2D eigenvalue weighted by atomic mass is 16.5. The molecule has 190 valence electrons. The average Bonchev–Trinajstić information content (AvgIpc) is 2.90. The van der Waals surface area contributed by atoms with Crippen LogP contribution in [-0.4, -0.2) is 51.6 Å². The lowest BCUT2D eigenvalue weighted by atomic mass is 9.98. The third-order valence-corrected chi connectivity index (χ3v) is 5.66. The number of carbonyl (C=O) groups is 1. The minimum absolute atomic E-state index is 0.194. The third kappa shape index (κ3) is 6.24. The normalized spacial score (nSPS) is 11.3. The Labute approximate surface area is 211 Å². The van der Waals surface area contributed by atoms with Gasteiger partial charge in [-0.15, -0.1) is 0 Å². The van der Waals surface area contributed by atoms with Crippen LogP contribution >= 0.6 is 0 Å². The molecule has 0 radical (unpaired) electrons. The number of nitrogens with zero attached hydrogens (tertiary/aromatic N) is 1. The number of pyridine rings is 1. The molecule has 36 heavy (non-hydrogen) atoms. The van der Waals surface area contributed by atoms with Crippen molar-refractivity contribution in [3.63, 3.8) is 0 Å². The number of carbonyl (C=O) groups excluding carboxylic acids is 1. The minimum atomic E-state index is -0.274. The number of ether oxygens (including phenoxy) is 4. The van der Waals surface area contributed by atoms with Crippen molar-refractivity contribution in [2.75, 3.05) is 40.3 Å². The molecule has 3 rings (SSSR count). The quantitative estimate of drug-likeness (QED) is 0.345. The summed E-state index contributed by atoms with van der Waals surface area (Å²) in [4.78, 5) is 17.0. The Hall–Kier alpha value is -4.27. The van der Waals surface area contributed by atoms with Gasteiger partial charge in [0.25, 0.3) is 5.91 Å². The van der Waals surface area contributed by atoms with Crippen molar-refractivity contribution < 1.29 is 23.7 Å². The van der Waals surface area contributed by atoms with Crippen molar-refractivity contribution in [2.24, 2.45) is 0 Å². The SMILES string of the molecule is CNc1nc(OCC(=O)NC(C)c2ccc(OC)cc2)cc(C)c1C(=N)c1cc(OC)cc(OC)c1. The van der Waals surface area contributed by atoms with E-state index in [2.05, 4.69) is 15.6 Å². The van der Waals surface area contributed by atoms with Crippen molar-refractivity contribution >= 4 is 17.4 Å². The minimum Gasteiger partial charge on any atom is -0.497 e. The lowest BCUT2D eigenvalue weighted by molar-refractivity contribution is -0.123. The number of rotatable bonds is 11. The van der Waals surface area contributed by atoms with Gasteiger partial charge in [-0.05, 0) is 49.2 Å². The lowest BCUT2D eigenvalue weighted by Gasteiger charge is -2.17. The highest BCUT2D eigenvalue weighted by molar-refractivity contribution is 6.15. The van der Waals surface area contributed by atoms with Gasteiger partial charge in [0.05, 0.1) is 33.1 Å². The molecular weight excluding hydrogens is 460 g/mol. The van der Waals surface area contributed by atoms with Crippen LogP contribution in [-0.2, 0) is 4.79 Å². The predicted molar refractivity (Wildman–Crippen MR) is 139 cm³/mol. The summed E-state index contributed by atoms with van der Waals surface area (Å²) >= 11 is 0. The van der Waals surface area contributed by atoms with Crippen molar-refractivity contribution in [1.82, 2.24) is 10.3 Å². The number of amides is 1. The lowest BCUT2D eigenvalue weighted by Crippen LogP contribution is -2.31. The number of hydrogen-bond acceptors (Lipinski definition) is 8. The topological polar surface area (TPSA) is 115 Å². The van der Waals surface area contributed by atoms with E-state index in [1.165, 1.54) is 0 Å². The van der Waals surface area contributed by atoms with Gasteiger partial charge in [-0.2, -0.15) is 4.98 Å². The van der Waals surface area contributed by atoms with Crippen LogP contribution in [0.1, 0.15) is 35.2 Å². The van der Waals surface area contributed by atoms with E-state index in [9.17, 15) is 4.79 Å². The zero-order valence-corrected chi connectivity index (χ0v) is 21.4. The molecule has 0 bridgehead atoms. The summed E-state index contributed by atoms with van der Waals surface area (Å²) in [6.45, 7) is 3.57. The van der Waals surface area contributed by atoms with E-state index >= 15 is 0 Å². The second kappa shape index (κ2) is 11.9. The molecule has 9 nitrogen and oxygen atoms in total. The van der Waals surface area contributed by atoms with E-state index in [4.69, 9.17) is 24.4 Å². The van der Waals surface area contributed by atoms with Crippen LogP contribution in [0, 0.1) is 12.3 Å². The van der Waals surface area contributed by atoms with Crippen LogP contribution in [0.2, 0.25) is 0 Å². The van der Waals surface area contributed by atoms with Gasteiger partial charge in [-0.3, -0.25) is 10.2 Å². The molecule has 2 aromatic carbocycles. The van der Waals surface area contributed by atoms with Crippen LogP contribution in [0.15, 0.2) is 48.5 Å². The van der Waals surface area contributed by atoms with Gasteiger partial charge < -0.3 is 29.6 Å². The van der Waals surface area contributed by atoms with E-state index < -0.39 is 0 Å². The zero-order chi connectivity index (χ0) is 26.2. The molecule has 0 aliphatic heterocycles. The molecule has 3 N–H and O–H groups in total. The number of benzene rings is 2. The Morgan fingerprint density at radius 1 is 0.972 bits per heavy atom. The Morgan fingerprint density at radius 2 is 1.58 bits per heavy atom. The second-order valence-corrected chi connectivity index (χ2v) is 8.08. The van der Waals surface area contributed by atoms with Gasteiger partial charge in [-0.1, -0.05) is 12.1 Å². The van der Waals surface area contributed by atoms with Crippen molar-refractivity contribution in [3.05, 3.63) is 70.8 Å². The maximum Gasteiger partial charge on any atom is 0.258 e. The standard InChI is InChI=1S/C27H32N4O5/c1-16-11-24(36-15-23(32)30-17(2)18-7-9-20(33-4)10-8-18)31-27(29-3)25(16)26(28)19-12-21(34-5)14-22(13-19)35-6/h7-14,17,28H,15H2,1-6H3,(H,29,31)(H,30,32). The fourth-order valence-electron chi connectivity index (χ4n) is 3.71. The van der Waals surface area contributed by atoms with Crippen LogP contribution < -0.4 is 29.6 Å². The van der Waals surface area contributed by atoms with E-state index in [1.807, 2.05) is 38.1 Å². The maximum atomic E-state index is 12.5. The predicted octanol–water partition coefficient (Wildman–Crippen LogP) is 4.13. The van der Waals surface area contributed by atoms with E-state index in [1.54, 1.807) is 52.6 Å². The molecule has 0 fully saturated rings. The van der Waals surface area contributed by atoms with Gasteiger partial charge in [0, 0.05) is 30.3 Å². The maximum absolute atomic E-state index is 12.5. The molecule has 0 spiro atoms. The second-order valence-electron chi connectivity index (χ2n) is 8.08. The first-order chi connectivity index (χ1) is 17.3. The Bertz CT molecular complexity index is 1210. The highest BCUT2D eigenvalue weighted by Gasteiger charge is 2.18. The zero-order valence-electron chi connectivity index (χ0n) is 21.4. The number of nitrogens with one attached hydrogen (secondary N) is 3. The molecule has 0 saturated carbocycles. The number of hydrogen-bond donors (Lipinski definition) is 3. The summed E-state index contributed by atoms with van der Waals surface area (Å²) < 4.78 is 21.5. The van der Waals surface area contributed by atoms with Crippen LogP contribution in [0.4, 0.5) is 5.82 Å². The van der Waals surface area contributed by atoms with Crippen LogP contribution in [0.25, 0.3) is 0 Å². The molecular formula is C27H32N4O5. The summed E-state index contributed by atoms with van der Waals surface area (Å²) in [5.41, 5.74) is 3.20. The molecule has 1 atom stereocenters. The molecule has 1 aromatic heterocycles. The third-order valence-electron chi connectivity index (χ3n) is 5.66. The van der Waals surface area contributed by atoms with Crippen molar-refractivity contribution in [2.45, 2.75) is 19.9 Å². The molecule has 1 unspecified atom stereocenters. The molecule has 0 saturated heterocycles. The Balaban J connectivity index is 1.72. The van der Waals surface area contributed by atoms with Gasteiger partial charge >= 0.3 is 0 Å². The summed E-state index contributed by atoms with van der Waals surface area (Å²) in [5, 5.41) is 14.8. The first-order valence-electron chi connectivity index (χ1n) is 11.4. The number of anilines is 1. The van der Waals surface area contributed by atoms with Crippen molar-refractivity contribution in [3.8, 4) is 23.1 Å². The summed E-state index contributed by atoms with van der Waals surface area (Å²) in [6.07, 6.45) is 0. The van der Waals surface area contributed by atoms with Crippen molar-refractivity contribution in [1.29, 1.82) is 5.41 Å². The van der Waals surface area contributed by atoms with Gasteiger partial charge in [0.2, 0.25) is 5.88 Å². The summed E-state index contributed by atoms with van der Waals surface area (Å²) in [5.74, 6) is 2.39. The summed E-state index contributed by atoms with van der Waals surface area (Å²) in [7, 11) is 6.46. The fraction of sp³-hybridized carbons (Fsp3) is 0.296. The smallest absolute Gasteiger partial charge is 0.258 e. The highest BCUT2D eigenvalue weighted by Crippen LogP contribution is 2.29. The summed E-state index contributed by atoms with van der Waals surface area (Å²) in [6, 6.07) is 14.3. The van der Waals surface area contributed by atoms with Gasteiger partial charge in [0.1, 0.15) is 23.1 Å². The van der Waals surface area contributed by atoms with Gasteiger partial charge in [0.15, 0.2) is 6.61 Å². The molecule has 0 aliphatic rings. The largest absolute Gasteiger partial charge is 0.497 e. The van der Waals surface area contributed by atoms with E-state index in [0.717, 1.165) is 16.9 Å². The van der Waals surface area contributed by atoms with Gasteiger partial charge in [-0.25, -0.2) is 0 Å². The Morgan fingerprint density at radius 3 is 2.14 bits per heavy atom. The van der Waals surface area contributed by atoms with Crippen LogP contribution in [0.5, 0.6) is 23.1 Å². The monoisotopic (exact) mass is 492 g/mol. The van der Waals surface area contributed by atoms with E-state index in [-0.39, 0.29) is 30.1 Å². The first kappa shape index (κ1) is 26.3. The molecule has 9 heteroatoms. The molecule has 1 heterocycles. The Kier molecular flexibility index (Phi) is 8.72. The number of aromatic nitrogens is 1. The average molecular weight is 493 g/mol. The fourth-order valence-corrected chi connectivity index (χ4v) is 3.71.